The van der Waals surface area contributed by atoms with Crippen molar-refractivity contribution in [2.45, 2.75) is 81.7 Å². The zero-order chi connectivity index (χ0) is 36.4. The van der Waals surface area contributed by atoms with E-state index in [-0.39, 0.29) is 18.8 Å². The van der Waals surface area contributed by atoms with Crippen LogP contribution in [0.2, 0.25) is 0 Å². The van der Waals surface area contributed by atoms with Crippen LogP contribution in [0.15, 0.2) is 109 Å². The zero-order valence-electron chi connectivity index (χ0n) is 30.3. The molecule has 0 aliphatic carbocycles. The summed E-state index contributed by atoms with van der Waals surface area (Å²) in [5.41, 5.74) is 3.85. The van der Waals surface area contributed by atoms with Crippen molar-refractivity contribution < 1.29 is 52.1 Å². The average molecular weight is 729 g/mol. The first-order chi connectivity index (χ1) is 26.1. The number of ether oxygens (including phenoxy) is 11. The Kier molecular flexibility index (Phi) is 13.0. The Balaban J connectivity index is 1.04. The summed E-state index contributed by atoms with van der Waals surface area (Å²) in [5, 5.41) is 0. The molecule has 0 spiro atoms. The van der Waals surface area contributed by atoms with Crippen LogP contribution in [0.1, 0.15) is 47.7 Å². The van der Waals surface area contributed by atoms with Crippen LogP contribution in [0, 0.1) is 0 Å². The number of hydrogen-bond donors (Lipinski definition) is 0. The van der Waals surface area contributed by atoms with E-state index in [2.05, 4.69) is 0 Å². The van der Waals surface area contributed by atoms with Crippen LogP contribution in [-0.4, -0.2) is 77.6 Å². The van der Waals surface area contributed by atoms with Gasteiger partial charge in [0.25, 0.3) is 0 Å². The van der Waals surface area contributed by atoms with Gasteiger partial charge in [0, 0.05) is 31.1 Å². The van der Waals surface area contributed by atoms with Crippen molar-refractivity contribution >= 4 is 0 Å². The van der Waals surface area contributed by atoms with Crippen LogP contribution in [0.4, 0.5) is 0 Å². The summed E-state index contributed by atoms with van der Waals surface area (Å²) in [6.07, 6.45) is -3.61. The van der Waals surface area contributed by atoms with Crippen LogP contribution >= 0.6 is 0 Å². The van der Waals surface area contributed by atoms with Crippen LogP contribution in [0.3, 0.4) is 0 Å². The molecule has 282 valence electrons. The maximum Gasteiger partial charge on any atom is 0.186 e. The van der Waals surface area contributed by atoms with Gasteiger partial charge >= 0.3 is 0 Å². The Morgan fingerprint density at radius 2 is 1.26 bits per heavy atom. The summed E-state index contributed by atoms with van der Waals surface area (Å²) in [5.74, 6) is 1.52. The molecule has 0 saturated carbocycles. The Bertz CT molecular complexity index is 1660. The largest absolute Gasteiger partial charge is 0.497 e. The van der Waals surface area contributed by atoms with Gasteiger partial charge in [-0.2, -0.15) is 0 Å². The highest BCUT2D eigenvalue weighted by atomic mass is 16.8. The van der Waals surface area contributed by atoms with E-state index in [1.54, 1.807) is 21.3 Å². The Hall–Kier alpha value is -3.88. The highest BCUT2D eigenvalue weighted by Crippen LogP contribution is 2.38. The molecule has 0 radical (unpaired) electrons. The summed E-state index contributed by atoms with van der Waals surface area (Å²) in [6, 6.07) is 35.4. The van der Waals surface area contributed by atoms with Crippen LogP contribution in [0.25, 0.3) is 0 Å². The van der Waals surface area contributed by atoms with Crippen molar-refractivity contribution in [3.05, 3.63) is 131 Å². The average Bonchev–Trinajstić information content (AvgIpc) is 3.22. The first kappa shape index (κ1) is 37.4. The molecular weight excluding hydrogens is 680 g/mol. The quantitative estimate of drug-likeness (QED) is 0.120. The van der Waals surface area contributed by atoms with Crippen molar-refractivity contribution in [3.8, 4) is 11.5 Å². The zero-order valence-corrected chi connectivity index (χ0v) is 30.3. The molecule has 3 heterocycles. The van der Waals surface area contributed by atoms with Gasteiger partial charge in [-0.1, -0.05) is 84.9 Å². The molecule has 0 amide bonds. The number of rotatable bonds is 15. The van der Waals surface area contributed by atoms with Gasteiger partial charge < -0.3 is 52.1 Å². The van der Waals surface area contributed by atoms with Gasteiger partial charge in [0.1, 0.15) is 29.8 Å². The monoisotopic (exact) mass is 728 g/mol. The summed E-state index contributed by atoms with van der Waals surface area (Å²) in [6.45, 7) is 1.36. The Labute approximate surface area is 310 Å². The fourth-order valence-electron chi connectivity index (χ4n) is 6.78. The molecule has 3 fully saturated rings. The van der Waals surface area contributed by atoms with Gasteiger partial charge in [-0.3, -0.25) is 0 Å². The fraction of sp³-hybridized carbons (Fsp3) is 0.429. The molecule has 0 bridgehead atoms. The van der Waals surface area contributed by atoms with E-state index >= 15 is 0 Å². The van der Waals surface area contributed by atoms with Crippen molar-refractivity contribution in [2.24, 2.45) is 0 Å². The number of benzene rings is 4. The Morgan fingerprint density at radius 1 is 0.642 bits per heavy atom. The standard InChI is InChI=1S/C42H48O11/c1-43-32-18-14-30(15-19-32)40(45-3)50-34-22-36(47-25-29-12-8-5-9-13-29)42(48-26-34)52-38-23-35(46-24-28-10-6-4-7-11-28)39-37(51-38)27-49-41(53-39)31-16-20-33(44-2)21-17-31/h4-21,34-42H,22-27H2,1-3H3/t34?,35?,36?,37?,38-,39+,40?,41?,42?/m1/s1. The van der Waals surface area contributed by atoms with Crippen molar-refractivity contribution in [3.63, 3.8) is 0 Å². The van der Waals surface area contributed by atoms with Gasteiger partial charge in [-0.25, -0.2) is 0 Å². The number of fused-ring (bicyclic) bond motifs is 1. The third-order valence-corrected chi connectivity index (χ3v) is 9.63. The van der Waals surface area contributed by atoms with E-state index in [1.165, 1.54) is 0 Å². The first-order valence-corrected chi connectivity index (χ1v) is 18.0. The van der Waals surface area contributed by atoms with Crippen LogP contribution < -0.4 is 9.47 Å². The van der Waals surface area contributed by atoms with Crippen LogP contribution in [-0.2, 0) is 55.8 Å². The Morgan fingerprint density at radius 3 is 1.89 bits per heavy atom. The third-order valence-electron chi connectivity index (χ3n) is 9.63. The minimum atomic E-state index is -0.727. The van der Waals surface area contributed by atoms with E-state index in [9.17, 15) is 0 Å². The topological polar surface area (TPSA) is 102 Å². The highest BCUT2D eigenvalue weighted by molar-refractivity contribution is 5.29. The van der Waals surface area contributed by atoms with Gasteiger partial charge in [-0.15, -0.1) is 0 Å². The van der Waals surface area contributed by atoms with Gasteiger partial charge in [0.05, 0.1) is 52.9 Å². The predicted octanol–water partition coefficient (Wildman–Crippen LogP) is 6.90. The minimum absolute atomic E-state index is 0.272. The summed E-state index contributed by atoms with van der Waals surface area (Å²) < 4.78 is 68.1. The molecule has 3 aliphatic heterocycles. The normalized spacial score (nSPS) is 27.8. The molecule has 7 unspecified atom stereocenters. The molecule has 3 saturated heterocycles. The maximum absolute atomic E-state index is 6.62. The van der Waals surface area contributed by atoms with E-state index in [0.717, 1.165) is 33.8 Å². The molecule has 53 heavy (non-hydrogen) atoms. The second kappa shape index (κ2) is 18.4. The lowest BCUT2D eigenvalue weighted by molar-refractivity contribution is -0.373. The second-order valence-electron chi connectivity index (χ2n) is 13.2. The maximum atomic E-state index is 6.62. The predicted molar refractivity (Wildman–Crippen MR) is 193 cm³/mol. The lowest BCUT2D eigenvalue weighted by Crippen LogP contribution is -2.57. The molecule has 4 aromatic rings. The molecule has 3 aliphatic rings. The molecular formula is C42H48O11. The lowest BCUT2D eigenvalue weighted by atomic mass is 9.99. The van der Waals surface area contributed by atoms with E-state index in [1.807, 2.05) is 109 Å². The fourth-order valence-corrected chi connectivity index (χ4v) is 6.78. The number of methoxy groups -OCH3 is 3. The van der Waals surface area contributed by atoms with Crippen molar-refractivity contribution in [2.75, 3.05) is 34.5 Å². The summed E-state index contributed by atoms with van der Waals surface area (Å²) in [4.78, 5) is 0. The molecule has 0 aromatic heterocycles. The van der Waals surface area contributed by atoms with Gasteiger partial charge in [-0.05, 0) is 35.4 Å². The van der Waals surface area contributed by atoms with Crippen molar-refractivity contribution in [1.29, 1.82) is 0 Å². The smallest absolute Gasteiger partial charge is 0.186 e. The van der Waals surface area contributed by atoms with E-state index in [0.29, 0.717) is 32.7 Å². The molecule has 9 atom stereocenters. The van der Waals surface area contributed by atoms with Gasteiger partial charge in [0.15, 0.2) is 25.2 Å². The molecule has 4 aromatic carbocycles. The molecule has 7 rings (SSSR count). The number of hydrogen-bond acceptors (Lipinski definition) is 11. The second-order valence-corrected chi connectivity index (χ2v) is 13.2. The lowest BCUT2D eigenvalue weighted by Gasteiger charge is -2.47. The van der Waals surface area contributed by atoms with Gasteiger partial charge in [0.2, 0.25) is 0 Å². The molecule has 11 heteroatoms. The SMILES string of the molecule is COc1ccc(C(OC)OC2COC(O[C@@H]3CC(OCc4ccccc4)[C@@H]4OC(c5ccc(OC)cc5)OCC4O3)C(OCc3ccccc3)C2)cc1. The first-order valence-electron chi connectivity index (χ1n) is 18.0. The summed E-state index contributed by atoms with van der Waals surface area (Å²) in [7, 11) is 4.90. The minimum Gasteiger partial charge on any atom is -0.497 e. The van der Waals surface area contributed by atoms with Crippen LogP contribution in [0.5, 0.6) is 11.5 Å². The molecule has 11 nitrogen and oxygen atoms in total. The third kappa shape index (κ3) is 9.81. The van der Waals surface area contributed by atoms with Crippen molar-refractivity contribution in [1.82, 2.24) is 0 Å². The highest BCUT2D eigenvalue weighted by Gasteiger charge is 2.47. The molecule has 0 N–H and O–H groups in total. The summed E-state index contributed by atoms with van der Waals surface area (Å²) >= 11 is 0. The van der Waals surface area contributed by atoms with E-state index in [4.69, 9.17) is 52.1 Å². The van der Waals surface area contributed by atoms with E-state index < -0.39 is 43.5 Å².